The van der Waals surface area contributed by atoms with E-state index >= 15 is 0 Å². The molecule has 1 aromatic rings. The van der Waals surface area contributed by atoms with E-state index in [0.29, 0.717) is 32.2 Å². The van der Waals surface area contributed by atoms with Crippen molar-refractivity contribution in [1.29, 1.82) is 0 Å². The Bertz CT molecular complexity index is 1870. The van der Waals surface area contributed by atoms with Crippen LogP contribution in [-0.4, -0.2) is 131 Å². The summed E-state index contributed by atoms with van der Waals surface area (Å²) >= 11 is 0. The maximum atomic E-state index is 14.0. The third kappa shape index (κ3) is 22.0. The summed E-state index contributed by atoms with van der Waals surface area (Å²) in [7, 11) is 0. The molecule has 0 unspecified atom stereocenters. The lowest BCUT2D eigenvalue weighted by Crippen LogP contribution is -2.62. The fraction of sp³-hybridized carbons (Fsp3) is 0.694. The van der Waals surface area contributed by atoms with Crippen molar-refractivity contribution in [3.8, 4) is 0 Å². The van der Waals surface area contributed by atoms with Crippen LogP contribution >= 0.6 is 0 Å². The van der Waals surface area contributed by atoms with Gasteiger partial charge in [-0.15, -0.1) is 0 Å². The number of carbonyl (C=O) groups is 9. The van der Waals surface area contributed by atoms with Gasteiger partial charge in [-0.3, -0.25) is 38.4 Å². The molecule has 0 bridgehead atoms. The van der Waals surface area contributed by atoms with E-state index in [1.165, 1.54) is 6.92 Å². The van der Waals surface area contributed by atoms with E-state index in [-0.39, 0.29) is 31.1 Å². The molecule has 0 aliphatic rings. The Labute approximate surface area is 413 Å². The standard InChI is InChI=1S/C49H84N10O11/c1-12-30(10)40(59-41(61)31(11)52-43(63)36(24-32-18-14-13-15-19-32)54-42(62)33(51)22-26(2)3)48(68)58-39(29(8)9)47(67)56-37(25-60)45(65)55-35(23-27(4)5)44(64)57-38(28(6)7)46(66)53-34(49(69)70)20-16-17-21-50/h13-15,18-19,26-31,33-40,60H,12,16-17,20-25,50-51H2,1-11H3,(H,52,63)(H,53,66)(H,54,62)(H,55,65)(H,56,67)(H,57,64)(H,58,68)(H,59,61)(H,69,70)/t30-,31-,33-,34-,35-,36-,37-,38-,39-,40-/m0/s1. The number of hydrogen-bond donors (Lipinski definition) is 12. The van der Waals surface area contributed by atoms with E-state index in [4.69, 9.17) is 11.5 Å². The Morgan fingerprint density at radius 1 is 0.529 bits per heavy atom. The highest BCUT2D eigenvalue weighted by Gasteiger charge is 2.37. The Morgan fingerprint density at radius 2 is 0.986 bits per heavy atom. The second-order valence-electron chi connectivity index (χ2n) is 19.7. The van der Waals surface area contributed by atoms with Gasteiger partial charge >= 0.3 is 5.97 Å². The molecule has 21 nitrogen and oxygen atoms in total. The van der Waals surface area contributed by atoms with Crippen LogP contribution in [0, 0.1) is 29.6 Å². The van der Waals surface area contributed by atoms with Gasteiger partial charge in [-0.1, -0.05) is 106 Å². The number of aliphatic carboxylic acids is 1. The van der Waals surface area contributed by atoms with E-state index in [1.807, 2.05) is 19.9 Å². The quantitative estimate of drug-likeness (QED) is 0.0427. The van der Waals surface area contributed by atoms with Crippen LogP contribution in [0.3, 0.4) is 0 Å². The van der Waals surface area contributed by atoms with Gasteiger partial charge in [0.15, 0.2) is 0 Å². The summed E-state index contributed by atoms with van der Waals surface area (Å²) in [5.41, 5.74) is 12.4. The van der Waals surface area contributed by atoms with Crippen LogP contribution in [0.2, 0.25) is 0 Å². The zero-order chi connectivity index (χ0) is 53.4. The molecule has 1 aromatic carbocycles. The molecule has 0 aliphatic carbocycles. The SMILES string of the molecule is CC[C@H](C)[C@H](NC(=O)[C@H](C)NC(=O)[C@H](Cc1ccccc1)NC(=O)[C@@H](N)CC(C)C)C(=O)N[C@H](C(=O)N[C@@H](CO)C(=O)N[C@@H](CC(C)C)C(=O)N[C@H](C(=O)N[C@@H](CCCCN)C(=O)O)C(C)C)C(C)C. The maximum Gasteiger partial charge on any atom is 0.326 e. The lowest BCUT2D eigenvalue weighted by Gasteiger charge is -2.30. The fourth-order valence-electron chi connectivity index (χ4n) is 7.32. The van der Waals surface area contributed by atoms with Gasteiger partial charge in [0.25, 0.3) is 0 Å². The third-order valence-corrected chi connectivity index (χ3v) is 11.7. The van der Waals surface area contributed by atoms with Crippen molar-refractivity contribution in [2.45, 2.75) is 175 Å². The number of rotatable bonds is 32. The molecule has 0 aromatic heterocycles. The predicted octanol–water partition coefficient (Wildman–Crippen LogP) is 0.111. The van der Waals surface area contributed by atoms with Crippen molar-refractivity contribution in [2.75, 3.05) is 13.2 Å². The highest BCUT2D eigenvalue weighted by molar-refractivity contribution is 5.98. The third-order valence-electron chi connectivity index (χ3n) is 11.7. The molecule has 0 saturated heterocycles. The van der Waals surface area contributed by atoms with Crippen molar-refractivity contribution in [1.82, 2.24) is 42.5 Å². The van der Waals surface area contributed by atoms with Gasteiger partial charge in [0.05, 0.1) is 12.6 Å². The molecule has 0 spiro atoms. The molecule has 396 valence electrons. The van der Waals surface area contributed by atoms with Gasteiger partial charge in [-0.05, 0) is 80.7 Å². The lowest BCUT2D eigenvalue weighted by atomic mass is 9.96. The Balaban J connectivity index is 3.21. The Morgan fingerprint density at radius 3 is 1.47 bits per heavy atom. The van der Waals surface area contributed by atoms with Crippen LogP contribution < -0.4 is 54.0 Å². The second kappa shape index (κ2) is 31.5. The number of unbranched alkanes of at least 4 members (excludes halogenated alkanes) is 1. The minimum atomic E-state index is -1.60. The Hall–Kier alpha value is -5.67. The molecule has 8 amide bonds. The van der Waals surface area contributed by atoms with Crippen molar-refractivity contribution in [3.05, 3.63) is 35.9 Å². The molecular formula is C49H84N10O11. The average Bonchev–Trinajstić information content (AvgIpc) is 3.28. The van der Waals surface area contributed by atoms with E-state index < -0.39 is 132 Å². The summed E-state index contributed by atoms with van der Waals surface area (Å²) in [6.45, 7) is 18.4. The Kier molecular flexibility index (Phi) is 28.1. The van der Waals surface area contributed by atoms with Crippen LogP contribution in [0.4, 0.5) is 0 Å². The van der Waals surface area contributed by atoms with Crippen LogP contribution in [-0.2, 0) is 49.6 Å². The van der Waals surface area contributed by atoms with E-state index in [9.17, 15) is 53.4 Å². The highest BCUT2D eigenvalue weighted by atomic mass is 16.4. The van der Waals surface area contributed by atoms with Gasteiger partial charge in [-0.25, -0.2) is 4.79 Å². The summed E-state index contributed by atoms with van der Waals surface area (Å²) in [6.07, 6.45) is 2.14. The summed E-state index contributed by atoms with van der Waals surface area (Å²) in [4.78, 5) is 121. The van der Waals surface area contributed by atoms with Crippen LogP contribution in [0.25, 0.3) is 0 Å². The average molecular weight is 989 g/mol. The monoisotopic (exact) mass is 989 g/mol. The first-order valence-electron chi connectivity index (χ1n) is 24.5. The molecule has 0 fully saturated rings. The normalized spacial score (nSPS) is 15.7. The summed E-state index contributed by atoms with van der Waals surface area (Å²) in [6, 6.07) is -1.88. The second-order valence-corrected chi connectivity index (χ2v) is 19.7. The van der Waals surface area contributed by atoms with E-state index in [2.05, 4.69) is 42.5 Å². The van der Waals surface area contributed by atoms with Crippen molar-refractivity contribution in [2.24, 2.45) is 41.1 Å². The number of carboxylic acids is 1. The number of aliphatic hydroxyl groups is 1. The molecule has 0 saturated carbocycles. The number of nitrogens with one attached hydrogen (secondary N) is 8. The maximum absolute atomic E-state index is 14.0. The van der Waals surface area contributed by atoms with Crippen molar-refractivity contribution < 1.29 is 53.4 Å². The van der Waals surface area contributed by atoms with Crippen LogP contribution in [0.5, 0.6) is 0 Å². The molecule has 14 N–H and O–H groups in total. The number of benzene rings is 1. The first-order chi connectivity index (χ1) is 32.8. The van der Waals surface area contributed by atoms with Crippen LogP contribution in [0.15, 0.2) is 30.3 Å². The van der Waals surface area contributed by atoms with Crippen molar-refractivity contribution >= 4 is 53.2 Å². The van der Waals surface area contributed by atoms with Gasteiger partial charge in [0, 0.05) is 6.42 Å². The first-order valence-corrected chi connectivity index (χ1v) is 24.5. The summed E-state index contributed by atoms with van der Waals surface area (Å²) in [5, 5.41) is 40.8. The molecule has 70 heavy (non-hydrogen) atoms. The zero-order valence-electron chi connectivity index (χ0n) is 43.1. The summed E-state index contributed by atoms with van der Waals surface area (Å²) < 4.78 is 0. The lowest BCUT2D eigenvalue weighted by molar-refractivity contribution is -0.143. The number of hydrogen-bond acceptors (Lipinski definition) is 12. The molecule has 10 atom stereocenters. The number of amides is 8. The number of carbonyl (C=O) groups excluding carboxylic acids is 8. The van der Waals surface area contributed by atoms with Gasteiger partial charge in [0.2, 0.25) is 47.3 Å². The molecule has 0 aliphatic heterocycles. The number of nitrogens with two attached hydrogens (primary N) is 2. The first kappa shape index (κ1) is 62.3. The van der Waals surface area contributed by atoms with Gasteiger partial charge < -0.3 is 64.2 Å². The molecule has 0 radical (unpaired) electrons. The smallest absolute Gasteiger partial charge is 0.326 e. The highest BCUT2D eigenvalue weighted by Crippen LogP contribution is 2.14. The predicted molar refractivity (Wildman–Crippen MR) is 265 cm³/mol. The van der Waals surface area contributed by atoms with Crippen molar-refractivity contribution in [3.63, 3.8) is 0 Å². The zero-order valence-corrected chi connectivity index (χ0v) is 43.1. The number of carboxylic acid groups (broad SMARTS) is 1. The number of aliphatic hydroxyl groups excluding tert-OH is 1. The topological polar surface area (TPSA) is 342 Å². The van der Waals surface area contributed by atoms with Gasteiger partial charge in [-0.2, -0.15) is 0 Å². The van der Waals surface area contributed by atoms with E-state index in [0.717, 1.165) is 5.56 Å². The van der Waals surface area contributed by atoms with Crippen LogP contribution in [0.1, 0.15) is 120 Å². The fourth-order valence-corrected chi connectivity index (χ4v) is 7.32. The largest absolute Gasteiger partial charge is 0.480 e. The van der Waals surface area contributed by atoms with Gasteiger partial charge in [0.1, 0.15) is 48.3 Å². The molecule has 21 heteroatoms. The summed E-state index contributed by atoms with van der Waals surface area (Å²) in [5.74, 6) is -8.75. The minimum absolute atomic E-state index is 0.0839. The van der Waals surface area contributed by atoms with E-state index in [1.54, 1.807) is 79.7 Å². The molecule has 0 heterocycles. The molecule has 1 rings (SSSR count). The molecular weight excluding hydrogens is 905 g/mol. The minimum Gasteiger partial charge on any atom is -0.480 e.